The van der Waals surface area contributed by atoms with Crippen molar-refractivity contribution in [2.45, 2.75) is 18.5 Å². The Balaban J connectivity index is 2.07. The van der Waals surface area contributed by atoms with Crippen LogP contribution < -0.4 is 0 Å². The SMILES string of the molecule is O=C1C[C@@H](c2ccccc2)c2ccc(C(F)(F)F)cc21. The third kappa shape index (κ3) is 2.11. The summed E-state index contributed by atoms with van der Waals surface area (Å²) in [4.78, 5) is 12.0. The van der Waals surface area contributed by atoms with Gasteiger partial charge < -0.3 is 0 Å². The predicted molar refractivity (Wildman–Crippen MR) is 68.7 cm³/mol. The molecule has 0 saturated heterocycles. The topological polar surface area (TPSA) is 17.1 Å². The molecule has 2 aromatic carbocycles. The summed E-state index contributed by atoms with van der Waals surface area (Å²) in [5.41, 5.74) is 1.08. The Morgan fingerprint density at radius 1 is 1.00 bits per heavy atom. The fourth-order valence-electron chi connectivity index (χ4n) is 2.67. The molecule has 0 aliphatic heterocycles. The van der Waals surface area contributed by atoms with E-state index in [1.165, 1.54) is 6.07 Å². The molecule has 102 valence electrons. The van der Waals surface area contributed by atoms with Crippen LogP contribution in [-0.4, -0.2) is 5.78 Å². The van der Waals surface area contributed by atoms with Gasteiger partial charge in [0.25, 0.3) is 0 Å². The lowest BCUT2D eigenvalue weighted by molar-refractivity contribution is -0.137. The van der Waals surface area contributed by atoms with Crippen LogP contribution in [0.25, 0.3) is 0 Å². The van der Waals surface area contributed by atoms with Gasteiger partial charge in [-0.3, -0.25) is 4.79 Å². The number of carbonyl (C=O) groups is 1. The highest BCUT2D eigenvalue weighted by Crippen LogP contribution is 2.40. The van der Waals surface area contributed by atoms with E-state index in [9.17, 15) is 18.0 Å². The Kier molecular flexibility index (Phi) is 2.89. The molecule has 20 heavy (non-hydrogen) atoms. The highest BCUT2D eigenvalue weighted by atomic mass is 19.4. The van der Waals surface area contributed by atoms with Crippen molar-refractivity contribution in [1.29, 1.82) is 0 Å². The molecule has 0 radical (unpaired) electrons. The number of hydrogen-bond acceptors (Lipinski definition) is 1. The Bertz CT molecular complexity index is 659. The Morgan fingerprint density at radius 2 is 1.70 bits per heavy atom. The maximum absolute atomic E-state index is 12.7. The van der Waals surface area contributed by atoms with Crippen molar-refractivity contribution in [2.24, 2.45) is 0 Å². The zero-order valence-electron chi connectivity index (χ0n) is 10.4. The summed E-state index contributed by atoms with van der Waals surface area (Å²) in [7, 11) is 0. The number of benzene rings is 2. The molecule has 1 aliphatic carbocycles. The Morgan fingerprint density at radius 3 is 2.35 bits per heavy atom. The zero-order valence-corrected chi connectivity index (χ0v) is 10.4. The molecule has 1 aliphatic rings. The summed E-state index contributed by atoms with van der Waals surface area (Å²) >= 11 is 0. The fraction of sp³-hybridized carbons (Fsp3) is 0.188. The van der Waals surface area contributed by atoms with E-state index in [0.29, 0.717) is 5.56 Å². The molecular weight excluding hydrogens is 265 g/mol. The number of Topliss-reactive ketones (excluding diaryl/α,β-unsaturated/α-hetero) is 1. The van der Waals surface area contributed by atoms with Gasteiger partial charge in [0.05, 0.1) is 5.56 Å². The van der Waals surface area contributed by atoms with Crippen molar-refractivity contribution < 1.29 is 18.0 Å². The van der Waals surface area contributed by atoms with Crippen LogP contribution in [0, 0.1) is 0 Å². The van der Waals surface area contributed by atoms with Crippen LogP contribution in [0.2, 0.25) is 0 Å². The van der Waals surface area contributed by atoms with E-state index in [1.54, 1.807) is 0 Å². The molecule has 3 rings (SSSR count). The van der Waals surface area contributed by atoms with E-state index in [4.69, 9.17) is 0 Å². The van der Waals surface area contributed by atoms with Crippen molar-refractivity contribution >= 4 is 5.78 Å². The van der Waals surface area contributed by atoms with Gasteiger partial charge in [0, 0.05) is 17.9 Å². The lowest BCUT2D eigenvalue weighted by Crippen LogP contribution is -2.06. The molecule has 0 bridgehead atoms. The minimum atomic E-state index is -4.42. The van der Waals surface area contributed by atoms with Gasteiger partial charge in [-0.2, -0.15) is 13.2 Å². The monoisotopic (exact) mass is 276 g/mol. The van der Waals surface area contributed by atoms with Gasteiger partial charge in [-0.05, 0) is 23.3 Å². The minimum Gasteiger partial charge on any atom is -0.294 e. The van der Waals surface area contributed by atoms with Gasteiger partial charge in [-0.1, -0.05) is 36.4 Å². The molecule has 0 heterocycles. The Labute approximate surface area is 114 Å². The van der Waals surface area contributed by atoms with Gasteiger partial charge >= 0.3 is 6.18 Å². The number of rotatable bonds is 1. The summed E-state index contributed by atoms with van der Waals surface area (Å²) in [6, 6.07) is 12.8. The molecule has 0 spiro atoms. The molecule has 0 fully saturated rings. The summed E-state index contributed by atoms with van der Waals surface area (Å²) in [5, 5.41) is 0. The predicted octanol–water partition coefficient (Wildman–Crippen LogP) is 4.42. The first-order valence-electron chi connectivity index (χ1n) is 6.26. The second-order valence-corrected chi connectivity index (χ2v) is 4.89. The van der Waals surface area contributed by atoms with Crippen molar-refractivity contribution in [3.8, 4) is 0 Å². The third-order valence-electron chi connectivity index (χ3n) is 3.65. The number of hydrogen-bond donors (Lipinski definition) is 0. The minimum absolute atomic E-state index is 0.138. The lowest BCUT2D eigenvalue weighted by Gasteiger charge is -2.12. The maximum Gasteiger partial charge on any atom is 0.416 e. The molecule has 2 aromatic rings. The second-order valence-electron chi connectivity index (χ2n) is 4.89. The first kappa shape index (κ1) is 12.9. The first-order chi connectivity index (χ1) is 9.47. The quantitative estimate of drug-likeness (QED) is 0.753. The summed E-state index contributed by atoms with van der Waals surface area (Å²) in [5.74, 6) is -0.360. The maximum atomic E-state index is 12.7. The molecular formula is C16H11F3O. The normalized spacial score (nSPS) is 18.1. The van der Waals surface area contributed by atoms with Crippen molar-refractivity contribution in [3.63, 3.8) is 0 Å². The van der Waals surface area contributed by atoms with E-state index in [-0.39, 0.29) is 23.7 Å². The van der Waals surface area contributed by atoms with Crippen LogP contribution in [0.5, 0.6) is 0 Å². The van der Waals surface area contributed by atoms with Crippen molar-refractivity contribution in [3.05, 3.63) is 70.8 Å². The average Bonchev–Trinajstić information content (AvgIpc) is 2.76. The smallest absolute Gasteiger partial charge is 0.294 e. The molecule has 0 aromatic heterocycles. The molecule has 1 atom stereocenters. The number of ketones is 1. The van der Waals surface area contributed by atoms with Crippen LogP contribution in [0.15, 0.2) is 48.5 Å². The summed E-state index contributed by atoms with van der Waals surface area (Å²) < 4.78 is 38.1. The van der Waals surface area contributed by atoms with Crippen LogP contribution in [0.3, 0.4) is 0 Å². The molecule has 4 heteroatoms. The van der Waals surface area contributed by atoms with Gasteiger partial charge in [-0.25, -0.2) is 0 Å². The fourth-order valence-corrected chi connectivity index (χ4v) is 2.67. The molecule has 0 saturated carbocycles. The van der Waals surface area contributed by atoms with Crippen LogP contribution in [0.4, 0.5) is 13.2 Å². The van der Waals surface area contributed by atoms with E-state index in [1.807, 2.05) is 30.3 Å². The van der Waals surface area contributed by atoms with Gasteiger partial charge in [-0.15, -0.1) is 0 Å². The second kappa shape index (κ2) is 4.47. The molecule has 0 amide bonds. The van der Waals surface area contributed by atoms with Crippen LogP contribution in [-0.2, 0) is 6.18 Å². The largest absolute Gasteiger partial charge is 0.416 e. The molecule has 1 nitrogen and oxygen atoms in total. The summed E-state index contributed by atoms with van der Waals surface area (Å²) in [6.07, 6.45) is -4.18. The average molecular weight is 276 g/mol. The first-order valence-corrected chi connectivity index (χ1v) is 6.26. The number of alkyl halides is 3. The van der Waals surface area contributed by atoms with E-state index < -0.39 is 11.7 Å². The van der Waals surface area contributed by atoms with Crippen molar-refractivity contribution in [1.82, 2.24) is 0 Å². The zero-order chi connectivity index (χ0) is 14.3. The van der Waals surface area contributed by atoms with Crippen LogP contribution in [0.1, 0.15) is 39.4 Å². The number of halogens is 3. The van der Waals surface area contributed by atoms with E-state index in [2.05, 4.69) is 0 Å². The Hall–Kier alpha value is -2.10. The summed E-state index contributed by atoms with van der Waals surface area (Å²) in [6.45, 7) is 0. The lowest BCUT2D eigenvalue weighted by atomic mass is 9.92. The highest BCUT2D eigenvalue weighted by molar-refractivity contribution is 6.02. The van der Waals surface area contributed by atoms with Crippen molar-refractivity contribution in [2.75, 3.05) is 0 Å². The van der Waals surface area contributed by atoms with Gasteiger partial charge in [0.15, 0.2) is 5.78 Å². The van der Waals surface area contributed by atoms with Gasteiger partial charge in [0.2, 0.25) is 0 Å². The number of carbonyl (C=O) groups excluding carboxylic acids is 1. The number of fused-ring (bicyclic) bond motifs is 1. The van der Waals surface area contributed by atoms with E-state index in [0.717, 1.165) is 17.7 Å². The van der Waals surface area contributed by atoms with Crippen LogP contribution >= 0.6 is 0 Å². The molecule has 0 N–H and O–H groups in total. The highest BCUT2D eigenvalue weighted by Gasteiger charge is 2.35. The standard InChI is InChI=1S/C16H11F3O/c17-16(18,19)11-6-7-12-13(9-15(20)14(12)8-11)10-4-2-1-3-5-10/h1-8,13H,9H2/t13-/m0/s1. The molecule has 0 unspecified atom stereocenters. The van der Waals surface area contributed by atoms with E-state index >= 15 is 0 Å². The van der Waals surface area contributed by atoms with Gasteiger partial charge in [0.1, 0.15) is 0 Å². The third-order valence-corrected chi connectivity index (χ3v) is 3.65.